The predicted octanol–water partition coefficient (Wildman–Crippen LogP) is 2.71. The van der Waals surface area contributed by atoms with Crippen molar-refractivity contribution < 1.29 is 9.84 Å². The van der Waals surface area contributed by atoms with Gasteiger partial charge in [-0.05, 0) is 35.4 Å². The molecule has 0 aliphatic rings. The molecule has 0 amide bonds. The van der Waals surface area contributed by atoms with Crippen molar-refractivity contribution in [3.63, 3.8) is 0 Å². The van der Waals surface area contributed by atoms with E-state index in [1.807, 2.05) is 12.1 Å². The fraction of sp³-hybridized carbons (Fsp3) is 0.273. The second kappa shape index (κ2) is 3.59. The Bertz CT molecular complexity index is 460. The van der Waals surface area contributed by atoms with E-state index in [9.17, 15) is 0 Å². The minimum atomic E-state index is 0.0222. The van der Waals surface area contributed by atoms with Gasteiger partial charge in [0.1, 0.15) is 5.75 Å². The second-order valence-corrected chi connectivity index (χ2v) is 4.15. The molecule has 0 radical (unpaired) electrons. The number of fused-ring (bicyclic) bond motifs is 1. The third kappa shape index (κ3) is 1.38. The number of ether oxygens (including phenoxy) is 1. The number of benzene rings is 1. The predicted molar refractivity (Wildman–Crippen MR) is 59.0 cm³/mol. The van der Waals surface area contributed by atoms with Gasteiger partial charge < -0.3 is 9.84 Å². The molecule has 2 nitrogen and oxygen atoms in total. The number of hydrogen-bond acceptors (Lipinski definition) is 3. The fourth-order valence-electron chi connectivity index (χ4n) is 1.54. The van der Waals surface area contributed by atoms with Gasteiger partial charge in [0.25, 0.3) is 0 Å². The van der Waals surface area contributed by atoms with Crippen molar-refractivity contribution in [3.05, 3.63) is 28.6 Å². The van der Waals surface area contributed by atoms with Crippen LogP contribution in [0.3, 0.4) is 0 Å². The standard InChI is InChI=1S/C11H12O2S/c1-7-6-14-11-4-10(13-2)8(5-12)3-9(7)11/h3-4,6,12H,5H2,1-2H3. The zero-order valence-corrected chi connectivity index (χ0v) is 9.02. The largest absolute Gasteiger partial charge is 0.496 e. The van der Waals surface area contributed by atoms with Crippen molar-refractivity contribution in [2.45, 2.75) is 13.5 Å². The quantitative estimate of drug-likeness (QED) is 0.822. The van der Waals surface area contributed by atoms with Crippen molar-refractivity contribution in [2.24, 2.45) is 0 Å². The summed E-state index contributed by atoms with van der Waals surface area (Å²) in [6, 6.07) is 3.98. The molecule has 0 saturated heterocycles. The number of thiophene rings is 1. The highest BCUT2D eigenvalue weighted by molar-refractivity contribution is 7.17. The van der Waals surface area contributed by atoms with E-state index < -0.39 is 0 Å². The third-order valence-electron chi connectivity index (χ3n) is 2.34. The van der Waals surface area contributed by atoms with E-state index >= 15 is 0 Å². The summed E-state index contributed by atoms with van der Waals surface area (Å²) in [6.07, 6.45) is 0. The molecule has 0 aliphatic heterocycles. The molecule has 0 aliphatic carbocycles. The molecule has 14 heavy (non-hydrogen) atoms. The van der Waals surface area contributed by atoms with Crippen LogP contribution < -0.4 is 4.74 Å². The minimum absolute atomic E-state index is 0.0222. The molecule has 0 bridgehead atoms. The molecule has 0 spiro atoms. The summed E-state index contributed by atoms with van der Waals surface area (Å²) in [5.74, 6) is 0.766. The Morgan fingerprint density at radius 1 is 1.43 bits per heavy atom. The van der Waals surface area contributed by atoms with Gasteiger partial charge in [0.2, 0.25) is 0 Å². The van der Waals surface area contributed by atoms with Gasteiger partial charge in [-0.2, -0.15) is 0 Å². The number of rotatable bonds is 2. The number of aliphatic hydroxyl groups excluding tert-OH is 1. The summed E-state index contributed by atoms with van der Waals surface area (Å²) in [6.45, 7) is 2.10. The first-order chi connectivity index (χ1) is 6.76. The maximum Gasteiger partial charge on any atom is 0.125 e. The average Bonchev–Trinajstić information content (AvgIpc) is 2.58. The molecule has 1 heterocycles. The van der Waals surface area contributed by atoms with Gasteiger partial charge in [-0.15, -0.1) is 11.3 Å². The molecule has 2 rings (SSSR count). The van der Waals surface area contributed by atoms with E-state index in [2.05, 4.69) is 12.3 Å². The molecule has 74 valence electrons. The van der Waals surface area contributed by atoms with Crippen molar-refractivity contribution >= 4 is 21.4 Å². The Labute approximate surface area is 86.8 Å². The molecule has 1 N–H and O–H groups in total. The van der Waals surface area contributed by atoms with Crippen LogP contribution in [0.4, 0.5) is 0 Å². The Morgan fingerprint density at radius 3 is 2.86 bits per heavy atom. The average molecular weight is 208 g/mol. The Hall–Kier alpha value is -1.06. The number of aryl methyl sites for hydroxylation is 1. The van der Waals surface area contributed by atoms with Gasteiger partial charge in [-0.25, -0.2) is 0 Å². The van der Waals surface area contributed by atoms with E-state index in [0.717, 1.165) is 11.3 Å². The first-order valence-electron chi connectivity index (χ1n) is 4.42. The maximum absolute atomic E-state index is 9.16. The van der Waals surface area contributed by atoms with E-state index in [4.69, 9.17) is 9.84 Å². The molecule has 0 saturated carbocycles. The van der Waals surface area contributed by atoms with Crippen LogP contribution in [0.2, 0.25) is 0 Å². The first-order valence-corrected chi connectivity index (χ1v) is 5.30. The fourth-order valence-corrected chi connectivity index (χ4v) is 2.49. The van der Waals surface area contributed by atoms with Gasteiger partial charge in [0.15, 0.2) is 0 Å². The van der Waals surface area contributed by atoms with E-state index in [1.54, 1.807) is 18.4 Å². The normalized spacial score (nSPS) is 10.8. The molecular formula is C11H12O2S. The van der Waals surface area contributed by atoms with Crippen molar-refractivity contribution in [3.8, 4) is 5.75 Å². The summed E-state index contributed by atoms with van der Waals surface area (Å²) in [5.41, 5.74) is 2.10. The van der Waals surface area contributed by atoms with Gasteiger partial charge in [-0.3, -0.25) is 0 Å². The molecule has 0 atom stereocenters. The second-order valence-electron chi connectivity index (χ2n) is 3.24. The Balaban J connectivity index is 2.71. The zero-order chi connectivity index (χ0) is 10.1. The molecule has 1 aromatic carbocycles. The molecule has 0 unspecified atom stereocenters. The molecule has 2 aromatic rings. The number of methoxy groups -OCH3 is 1. The lowest BCUT2D eigenvalue weighted by Gasteiger charge is -2.06. The minimum Gasteiger partial charge on any atom is -0.496 e. The smallest absolute Gasteiger partial charge is 0.125 e. The Morgan fingerprint density at radius 2 is 2.21 bits per heavy atom. The van der Waals surface area contributed by atoms with Crippen LogP contribution in [-0.4, -0.2) is 12.2 Å². The van der Waals surface area contributed by atoms with Crippen LogP contribution in [0.5, 0.6) is 5.75 Å². The highest BCUT2D eigenvalue weighted by Crippen LogP contribution is 2.32. The van der Waals surface area contributed by atoms with Crippen LogP contribution in [0.15, 0.2) is 17.5 Å². The van der Waals surface area contributed by atoms with Crippen molar-refractivity contribution in [2.75, 3.05) is 7.11 Å². The van der Waals surface area contributed by atoms with Crippen LogP contribution in [0.1, 0.15) is 11.1 Å². The molecule has 0 fully saturated rings. The van der Waals surface area contributed by atoms with Gasteiger partial charge in [-0.1, -0.05) is 0 Å². The topological polar surface area (TPSA) is 29.5 Å². The SMILES string of the molecule is COc1cc2scc(C)c2cc1CO. The van der Waals surface area contributed by atoms with E-state index in [1.165, 1.54) is 15.6 Å². The molecule has 1 aromatic heterocycles. The molecular weight excluding hydrogens is 196 g/mol. The zero-order valence-electron chi connectivity index (χ0n) is 8.20. The summed E-state index contributed by atoms with van der Waals surface area (Å²) >= 11 is 1.70. The van der Waals surface area contributed by atoms with Gasteiger partial charge >= 0.3 is 0 Å². The first kappa shape index (κ1) is 9.49. The molecule has 3 heteroatoms. The van der Waals surface area contributed by atoms with Crippen LogP contribution in [0.25, 0.3) is 10.1 Å². The highest BCUT2D eigenvalue weighted by Gasteiger charge is 2.07. The van der Waals surface area contributed by atoms with E-state index in [-0.39, 0.29) is 6.61 Å². The van der Waals surface area contributed by atoms with Crippen LogP contribution in [-0.2, 0) is 6.61 Å². The summed E-state index contributed by atoms with van der Waals surface area (Å²) in [7, 11) is 1.63. The maximum atomic E-state index is 9.16. The number of hydrogen-bond donors (Lipinski definition) is 1. The van der Waals surface area contributed by atoms with E-state index in [0.29, 0.717) is 0 Å². The summed E-state index contributed by atoms with van der Waals surface area (Å²) in [4.78, 5) is 0. The van der Waals surface area contributed by atoms with Crippen molar-refractivity contribution in [1.29, 1.82) is 0 Å². The van der Waals surface area contributed by atoms with Crippen LogP contribution >= 0.6 is 11.3 Å². The number of aliphatic hydroxyl groups is 1. The lowest BCUT2D eigenvalue weighted by Crippen LogP contribution is -1.91. The third-order valence-corrected chi connectivity index (χ3v) is 3.40. The lowest BCUT2D eigenvalue weighted by molar-refractivity contribution is 0.274. The highest BCUT2D eigenvalue weighted by atomic mass is 32.1. The Kier molecular flexibility index (Phi) is 2.44. The monoisotopic (exact) mass is 208 g/mol. The van der Waals surface area contributed by atoms with Gasteiger partial charge in [0.05, 0.1) is 13.7 Å². The van der Waals surface area contributed by atoms with Gasteiger partial charge in [0, 0.05) is 10.3 Å². The lowest BCUT2D eigenvalue weighted by atomic mass is 10.1. The summed E-state index contributed by atoms with van der Waals surface area (Å²) < 4.78 is 6.41. The van der Waals surface area contributed by atoms with Crippen LogP contribution in [0, 0.1) is 6.92 Å². The summed E-state index contributed by atoms with van der Waals surface area (Å²) in [5, 5.41) is 12.5. The van der Waals surface area contributed by atoms with Crippen molar-refractivity contribution in [1.82, 2.24) is 0 Å².